The molecule has 182 valence electrons. The highest BCUT2D eigenvalue weighted by atomic mass is 35.5. The maximum absolute atomic E-state index is 12.9. The Morgan fingerprint density at radius 3 is 2.11 bits per heavy atom. The number of amides is 4. The van der Waals surface area contributed by atoms with E-state index in [0.29, 0.717) is 15.5 Å². The van der Waals surface area contributed by atoms with Gasteiger partial charge in [-0.15, -0.1) is 0 Å². The lowest BCUT2D eigenvalue weighted by Gasteiger charge is -2.26. The summed E-state index contributed by atoms with van der Waals surface area (Å²) in [7, 11) is -4.12. The standard InChI is InChI=1S/C23H14ClN3O8S/c24-15-3-11-19(12-4-15)36(33,34)35-18-9-1-14(2-10-18)13-20-21(28)25-23(30)26(22(20)29)16-5-7-17(8-6-16)27(31)32/h1-13H,(H,25,28,30)/b20-13+. The first-order valence-corrected chi connectivity index (χ1v) is 11.8. The Morgan fingerprint density at radius 1 is 0.917 bits per heavy atom. The number of nitro benzene ring substituents is 1. The minimum absolute atomic E-state index is 0.0193. The van der Waals surface area contributed by atoms with Gasteiger partial charge in [0.15, 0.2) is 0 Å². The van der Waals surface area contributed by atoms with Crippen molar-refractivity contribution in [3.63, 3.8) is 0 Å². The maximum Gasteiger partial charge on any atom is 0.339 e. The molecule has 0 spiro atoms. The van der Waals surface area contributed by atoms with Crippen molar-refractivity contribution in [1.29, 1.82) is 0 Å². The number of hydrogen-bond donors (Lipinski definition) is 1. The number of non-ortho nitro benzene ring substituents is 1. The molecule has 1 saturated heterocycles. The van der Waals surface area contributed by atoms with Crippen molar-refractivity contribution >= 4 is 57.0 Å². The van der Waals surface area contributed by atoms with Crippen molar-refractivity contribution in [1.82, 2.24) is 5.32 Å². The number of nitrogens with zero attached hydrogens (tertiary/aromatic N) is 2. The predicted molar refractivity (Wildman–Crippen MR) is 128 cm³/mol. The Bertz CT molecular complexity index is 1520. The van der Waals surface area contributed by atoms with Gasteiger partial charge in [0.05, 0.1) is 10.6 Å². The SMILES string of the molecule is O=C1NC(=O)N(c2ccc([N+](=O)[O-])cc2)C(=O)/C1=C/c1ccc(OS(=O)(=O)c2ccc(Cl)cc2)cc1. The number of rotatable bonds is 6. The summed E-state index contributed by atoms with van der Waals surface area (Å²) in [5, 5.41) is 13.2. The average molecular weight is 528 g/mol. The molecule has 0 saturated carbocycles. The normalized spacial score (nSPS) is 15.1. The molecule has 1 N–H and O–H groups in total. The highest BCUT2D eigenvalue weighted by molar-refractivity contribution is 7.87. The summed E-state index contributed by atoms with van der Waals surface area (Å²) in [5.41, 5.74) is -0.258. The molecule has 0 unspecified atom stereocenters. The molecule has 0 radical (unpaired) electrons. The fourth-order valence-corrected chi connectivity index (χ4v) is 4.23. The fraction of sp³-hybridized carbons (Fsp3) is 0. The van der Waals surface area contributed by atoms with Crippen molar-refractivity contribution in [3.05, 3.63) is 99.1 Å². The van der Waals surface area contributed by atoms with E-state index in [1.165, 1.54) is 66.7 Å². The molecule has 13 heteroatoms. The molecule has 11 nitrogen and oxygen atoms in total. The van der Waals surface area contributed by atoms with Gasteiger partial charge in [-0.25, -0.2) is 9.69 Å². The van der Waals surface area contributed by atoms with Gasteiger partial charge in [0.25, 0.3) is 17.5 Å². The second kappa shape index (κ2) is 9.60. The minimum atomic E-state index is -4.12. The lowest BCUT2D eigenvalue weighted by Crippen LogP contribution is -2.54. The smallest absolute Gasteiger partial charge is 0.339 e. The Balaban J connectivity index is 1.56. The first kappa shape index (κ1) is 24.6. The lowest BCUT2D eigenvalue weighted by atomic mass is 10.1. The number of hydrogen-bond acceptors (Lipinski definition) is 8. The van der Waals surface area contributed by atoms with Crippen LogP contribution in [0.1, 0.15) is 5.56 Å². The second-order valence-electron chi connectivity index (χ2n) is 7.29. The molecular weight excluding hydrogens is 514 g/mol. The van der Waals surface area contributed by atoms with Crippen LogP contribution in [0.15, 0.2) is 83.3 Å². The van der Waals surface area contributed by atoms with Crippen LogP contribution < -0.4 is 14.4 Å². The topological polar surface area (TPSA) is 153 Å². The summed E-state index contributed by atoms with van der Waals surface area (Å²) in [6.45, 7) is 0. The Kier molecular flexibility index (Phi) is 6.55. The zero-order chi connectivity index (χ0) is 26.0. The zero-order valence-corrected chi connectivity index (χ0v) is 19.5. The third-order valence-electron chi connectivity index (χ3n) is 4.92. The quantitative estimate of drug-likeness (QED) is 0.167. The van der Waals surface area contributed by atoms with Gasteiger partial charge in [0.1, 0.15) is 16.2 Å². The summed E-state index contributed by atoms with van der Waals surface area (Å²) in [5.74, 6) is -1.90. The van der Waals surface area contributed by atoms with Gasteiger partial charge >= 0.3 is 16.1 Å². The van der Waals surface area contributed by atoms with Gasteiger partial charge in [0.2, 0.25) is 0 Å². The van der Waals surface area contributed by atoms with Crippen LogP contribution in [0.4, 0.5) is 16.2 Å². The first-order valence-electron chi connectivity index (χ1n) is 10.0. The van der Waals surface area contributed by atoms with Gasteiger partial charge in [-0.05, 0) is 60.2 Å². The third kappa shape index (κ3) is 5.09. The summed E-state index contributed by atoms with van der Waals surface area (Å²) < 4.78 is 29.9. The predicted octanol–water partition coefficient (Wildman–Crippen LogP) is 3.68. The number of carbonyl (C=O) groups is 3. The van der Waals surface area contributed by atoms with Crippen LogP contribution in [-0.4, -0.2) is 31.2 Å². The van der Waals surface area contributed by atoms with E-state index < -0.39 is 32.9 Å². The largest absolute Gasteiger partial charge is 0.379 e. The van der Waals surface area contributed by atoms with Crippen LogP contribution in [0.5, 0.6) is 5.75 Å². The van der Waals surface area contributed by atoms with Gasteiger partial charge in [-0.1, -0.05) is 23.7 Å². The fourth-order valence-electron chi connectivity index (χ4n) is 3.18. The van der Waals surface area contributed by atoms with E-state index in [1.54, 1.807) is 0 Å². The molecule has 1 fully saturated rings. The van der Waals surface area contributed by atoms with Gasteiger partial charge in [-0.3, -0.25) is 25.0 Å². The van der Waals surface area contributed by atoms with Crippen LogP contribution >= 0.6 is 11.6 Å². The number of anilines is 1. The van der Waals surface area contributed by atoms with Crippen molar-refractivity contribution in [2.24, 2.45) is 0 Å². The van der Waals surface area contributed by atoms with E-state index in [2.05, 4.69) is 0 Å². The highest BCUT2D eigenvalue weighted by Gasteiger charge is 2.37. The molecule has 36 heavy (non-hydrogen) atoms. The van der Waals surface area contributed by atoms with Crippen LogP contribution in [0.25, 0.3) is 6.08 Å². The number of halogens is 1. The first-order chi connectivity index (χ1) is 17.0. The zero-order valence-electron chi connectivity index (χ0n) is 18.0. The van der Waals surface area contributed by atoms with Crippen LogP contribution in [0.3, 0.4) is 0 Å². The van der Waals surface area contributed by atoms with Crippen molar-refractivity contribution < 1.29 is 31.9 Å². The van der Waals surface area contributed by atoms with E-state index in [4.69, 9.17) is 15.8 Å². The number of carbonyl (C=O) groups excluding carboxylic acids is 3. The van der Waals surface area contributed by atoms with Gasteiger partial charge in [-0.2, -0.15) is 8.42 Å². The van der Waals surface area contributed by atoms with Crippen LogP contribution in [0.2, 0.25) is 5.02 Å². The third-order valence-corrected chi connectivity index (χ3v) is 6.43. The van der Waals surface area contributed by atoms with Crippen molar-refractivity contribution in [2.75, 3.05) is 4.90 Å². The highest BCUT2D eigenvalue weighted by Crippen LogP contribution is 2.25. The summed E-state index contributed by atoms with van der Waals surface area (Å²) >= 11 is 5.77. The Morgan fingerprint density at radius 2 is 1.53 bits per heavy atom. The van der Waals surface area contributed by atoms with Crippen LogP contribution in [-0.2, 0) is 19.7 Å². The number of benzene rings is 3. The molecule has 4 rings (SSSR count). The van der Waals surface area contributed by atoms with E-state index in [1.807, 2.05) is 5.32 Å². The van der Waals surface area contributed by atoms with Crippen molar-refractivity contribution in [2.45, 2.75) is 4.90 Å². The number of nitrogens with one attached hydrogen (secondary N) is 1. The molecule has 0 aromatic heterocycles. The number of nitro groups is 1. The van der Waals surface area contributed by atoms with Gasteiger partial charge in [0, 0.05) is 17.2 Å². The molecule has 3 aromatic rings. The lowest BCUT2D eigenvalue weighted by molar-refractivity contribution is -0.384. The second-order valence-corrected chi connectivity index (χ2v) is 9.27. The van der Waals surface area contributed by atoms with E-state index in [9.17, 15) is 32.9 Å². The molecule has 3 aromatic carbocycles. The molecule has 4 amide bonds. The Labute approximate surface area is 208 Å². The molecule has 0 bridgehead atoms. The average Bonchev–Trinajstić information content (AvgIpc) is 2.83. The van der Waals surface area contributed by atoms with Crippen molar-refractivity contribution in [3.8, 4) is 5.75 Å². The molecular formula is C23H14ClN3O8S. The van der Waals surface area contributed by atoms with E-state index >= 15 is 0 Å². The minimum Gasteiger partial charge on any atom is -0.379 e. The maximum atomic E-state index is 12.9. The number of imide groups is 2. The number of barbiturate groups is 1. The summed E-state index contributed by atoms with van der Waals surface area (Å²) in [6.07, 6.45) is 1.21. The molecule has 0 aliphatic carbocycles. The molecule has 1 heterocycles. The number of urea groups is 1. The van der Waals surface area contributed by atoms with E-state index in [0.717, 1.165) is 12.1 Å². The van der Waals surface area contributed by atoms with Gasteiger partial charge < -0.3 is 4.18 Å². The van der Waals surface area contributed by atoms with E-state index in [-0.39, 0.29) is 27.6 Å². The van der Waals surface area contributed by atoms with Crippen LogP contribution in [0, 0.1) is 10.1 Å². The monoisotopic (exact) mass is 527 g/mol. The molecule has 0 atom stereocenters. The Hall–Kier alpha value is -4.55. The molecule has 1 aliphatic rings. The summed E-state index contributed by atoms with van der Waals surface area (Å²) in [6, 6.07) is 14.5. The molecule has 1 aliphatic heterocycles. The summed E-state index contributed by atoms with van der Waals surface area (Å²) in [4.78, 5) is 48.3.